The Morgan fingerprint density at radius 3 is 1.78 bits per heavy atom. The van der Waals surface area contributed by atoms with Crippen molar-refractivity contribution in [1.82, 2.24) is 5.32 Å². The van der Waals surface area contributed by atoms with Crippen molar-refractivity contribution in [3.63, 3.8) is 0 Å². The monoisotopic (exact) mass is 325 g/mol. The molecule has 0 amide bonds. The van der Waals surface area contributed by atoms with E-state index in [1.54, 1.807) is 0 Å². The SMILES string of the molecule is CCCCCCCC/C=C\CCCCCCCCNCC(=O)O. The van der Waals surface area contributed by atoms with E-state index in [9.17, 15) is 4.79 Å². The summed E-state index contributed by atoms with van der Waals surface area (Å²) in [5.74, 6) is -0.769. The van der Waals surface area contributed by atoms with Gasteiger partial charge in [-0.3, -0.25) is 4.79 Å². The standard InChI is InChI=1S/C20H39NO2/c1-2-3-4-5-6-7-8-9-10-11-12-13-14-15-16-17-18-21-19-20(22)23/h9-10,21H,2-8,11-19H2,1H3,(H,22,23)/b10-9-. The third kappa shape index (κ3) is 21.2. The Morgan fingerprint density at radius 2 is 1.26 bits per heavy atom. The van der Waals surface area contributed by atoms with Crippen LogP contribution >= 0.6 is 0 Å². The molecule has 0 fully saturated rings. The zero-order chi connectivity index (χ0) is 17.0. The summed E-state index contributed by atoms with van der Waals surface area (Å²) in [7, 11) is 0. The zero-order valence-corrected chi connectivity index (χ0v) is 15.3. The summed E-state index contributed by atoms with van der Waals surface area (Å²) in [4.78, 5) is 10.3. The lowest BCUT2D eigenvalue weighted by molar-refractivity contribution is -0.135. The molecule has 0 spiro atoms. The number of rotatable bonds is 18. The summed E-state index contributed by atoms with van der Waals surface area (Å²) < 4.78 is 0. The Hall–Kier alpha value is -0.830. The molecule has 23 heavy (non-hydrogen) atoms. The van der Waals surface area contributed by atoms with E-state index in [4.69, 9.17) is 5.11 Å². The summed E-state index contributed by atoms with van der Waals surface area (Å²) in [6, 6.07) is 0. The summed E-state index contributed by atoms with van der Waals surface area (Å²) in [5.41, 5.74) is 0. The van der Waals surface area contributed by atoms with E-state index in [-0.39, 0.29) is 6.54 Å². The van der Waals surface area contributed by atoms with Crippen LogP contribution in [-0.2, 0) is 4.79 Å². The number of hydrogen-bond acceptors (Lipinski definition) is 2. The molecule has 0 heterocycles. The average molecular weight is 326 g/mol. The van der Waals surface area contributed by atoms with Crippen LogP contribution in [0.25, 0.3) is 0 Å². The Morgan fingerprint density at radius 1 is 0.783 bits per heavy atom. The molecule has 136 valence electrons. The molecular weight excluding hydrogens is 286 g/mol. The van der Waals surface area contributed by atoms with Crippen molar-refractivity contribution in [3.05, 3.63) is 12.2 Å². The topological polar surface area (TPSA) is 49.3 Å². The van der Waals surface area contributed by atoms with Gasteiger partial charge in [-0.15, -0.1) is 0 Å². The lowest BCUT2D eigenvalue weighted by atomic mass is 10.1. The van der Waals surface area contributed by atoms with Crippen molar-refractivity contribution >= 4 is 5.97 Å². The van der Waals surface area contributed by atoms with E-state index in [1.807, 2.05) is 0 Å². The second-order valence-electron chi connectivity index (χ2n) is 6.51. The number of allylic oxidation sites excluding steroid dienone is 2. The molecule has 0 bridgehead atoms. The number of aliphatic carboxylic acids is 1. The first-order valence-corrected chi connectivity index (χ1v) is 9.85. The maximum Gasteiger partial charge on any atom is 0.317 e. The lowest BCUT2D eigenvalue weighted by Crippen LogP contribution is -2.23. The maximum absolute atomic E-state index is 10.3. The number of hydrogen-bond donors (Lipinski definition) is 2. The second kappa shape index (κ2) is 19.2. The first-order valence-electron chi connectivity index (χ1n) is 9.85. The lowest BCUT2D eigenvalue weighted by Gasteiger charge is -2.02. The minimum atomic E-state index is -0.769. The van der Waals surface area contributed by atoms with Gasteiger partial charge in [0, 0.05) is 0 Å². The molecule has 0 rings (SSSR count). The molecule has 0 saturated carbocycles. The van der Waals surface area contributed by atoms with E-state index < -0.39 is 5.97 Å². The number of nitrogens with one attached hydrogen (secondary N) is 1. The summed E-state index contributed by atoms with van der Waals surface area (Å²) in [6.07, 6.45) is 23.0. The highest BCUT2D eigenvalue weighted by Gasteiger charge is 1.95. The van der Waals surface area contributed by atoms with Gasteiger partial charge in [0.15, 0.2) is 0 Å². The highest BCUT2D eigenvalue weighted by Crippen LogP contribution is 2.09. The van der Waals surface area contributed by atoms with Crippen molar-refractivity contribution in [3.8, 4) is 0 Å². The van der Waals surface area contributed by atoms with Gasteiger partial charge in [0.2, 0.25) is 0 Å². The molecule has 3 heteroatoms. The molecule has 0 atom stereocenters. The largest absolute Gasteiger partial charge is 0.480 e. The third-order valence-corrected chi connectivity index (χ3v) is 4.14. The van der Waals surface area contributed by atoms with Gasteiger partial charge in [-0.2, -0.15) is 0 Å². The Bertz CT molecular complexity index is 277. The zero-order valence-electron chi connectivity index (χ0n) is 15.3. The van der Waals surface area contributed by atoms with Crippen molar-refractivity contribution in [2.45, 2.75) is 96.8 Å². The minimum absolute atomic E-state index is 0.0884. The molecule has 2 N–H and O–H groups in total. The van der Waals surface area contributed by atoms with E-state index in [0.717, 1.165) is 13.0 Å². The number of carboxylic acid groups (broad SMARTS) is 1. The van der Waals surface area contributed by atoms with E-state index in [2.05, 4.69) is 24.4 Å². The fourth-order valence-electron chi connectivity index (χ4n) is 2.69. The third-order valence-electron chi connectivity index (χ3n) is 4.14. The fraction of sp³-hybridized carbons (Fsp3) is 0.850. The summed E-state index contributed by atoms with van der Waals surface area (Å²) >= 11 is 0. The fourth-order valence-corrected chi connectivity index (χ4v) is 2.69. The summed E-state index contributed by atoms with van der Waals surface area (Å²) in [6.45, 7) is 3.18. The highest BCUT2D eigenvalue weighted by atomic mass is 16.4. The van der Waals surface area contributed by atoms with Crippen LogP contribution in [0, 0.1) is 0 Å². The number of carboxylic acids is 1. The van der Waals surface area contributed by atoms with Crippen LogP contribution in [0.1, 0.15) is 96.8 Å². The smallest absolute Gasteiger partial charge is 0.317 e. The van der Waals surface area contributed by atoms with Crippen LogP contribution in [0.15, 0.2) is 12.2 Å². The normalized spacial score (nSPS) is 11.3. The van der Waals surface area contributed by atoms with Crippen LogP contribution in [0.3, 0.4) is 0 Å². The van der Waals surface area contributed by atoms with Crippen LogP contribution in [0.4, 0.5) is 0 Å². The molecule has 0 aromatic heterocycles. The van der Waals surface area contributed by atoms with Gasteiger partial charge >= 0.3 is 5.97 Å². The van der Waals surface area contributed by atoms with E-state index in [1.165, 1.54) is 83.5 Å². The van der Waals surface area contributed by atoms with Gasteiger partial charge < -0.3 is 10.4 Å². The Labute approximate surface area is 143 Å². The number of unbranched alkanes of at least 4 members (excludes halogenated alkanes) is 12. The molecular formula is C20H39NO2. The molecule has 0 aliphatic rings. The molecule has 0 unspecified atom stereocenters. The van der Waals surface area contributed by atoms with Gasteiger partial charge in [0.1, 0.15) is 0 Å². The van der Waals surface area contributed by atoms with E-state index >= 15 is 0 Å². The molecule has 0 radical (unpaired) electrons. The molecule has 3 nitrogen and oxygen atoms in total. The van der Waals surface area contributed by atoms with Crippen molar-refractivity contribution < 1.29 is 9.90 Å². The van der Waals surface area contributed by atoms with Gasteiger partial charge in [0.25, 0.3) is 0 Å². The van der Waals surface area contributed by atoms with Crippen molar-refractivity contribution in [2.75, 3.05) is 13.1 Å². The summed E-state index contributed by atoms with van der Waals surface area (Å²) in [5, 5.41) is 11.4. The quantitative estimate of drug-likeness (QED) is 0.251. The molecule has 0 aliphatic carbocycles. The predicted octanol–water partition coefficient (Wildman–Crippen LogP) is 5.70. The number of carbonyl (C=O) groups is 1. The van der Waals surface area contributed by atoms with Gasteiger partial charge in [-0.05, 0) is 38.6 Å². The van der Waals surface area contributed by atoms with Gasteiger partial charge in [-0.1, -0.05) is 76.9 Å². The van der Waals surface area contributed by atoms with Gasteiger partial charge in [-0.25, -0.2) is 0 Å². The average Bonchev–Trinajstić information content (AvgIpc) is 2.53. The first kappa shape index (κ1) is 22.2. The minimum Gasteiger partial charge on any atom is -0.480 e. The molecule has 0 aliphatic heterocycles. The van der Waals surface area contributed by atoms with Crippen LogP contribution < -0.4 is 5.32 Å². The predicted molar refractivity (Wildman–Crippen MR) is 100.0 cm³/mol. The second-order valence-corrected chi connectivity index (χ2v) is 6.51. The van der Waals surface area contributed by atoms with Gasteiger partial charge in [0.05, 0.1) is 6.54 Å². The van der Waals surface area contributed by atoms with Crippen LogP contribution in [-0.4, -0.2) is 24.2 Å². The Kier molecular flexibility index (Phi) is 18.5. The van der Waals surface area contributed by atoms with E-state index in [0.29, 0.717) is 0 Å². The molecule has 0 aromatic rings. The molecule has 0 aromatic carbocycles. The van der Waals surface area contributed by atoms with Crippen LogP contribution in [0.5, 0.6) is 0 Å². The van der Waals surface area contributed by atoms with Crippen molar-refractivity contribution in [2.24, 2.45) is 0 Å². The van der Waals surface area contributed by atoms with Crippen LogP contribution in [0.2, 0.25) is 0 Å². The molecule has 0 saturated heterocycles. The highest BCUT2D eigenvalue weighted by molar-refractivity contribution is 5.68. The maximum atomic E-state index is 10.3. The van der Waals surface area contributed by atoms with Crippen molar-refractivity contribution in [1.29, 1.82) is 0 Å². The Balaban J connectivity index is 3.06. The first-order chi connectivity index (χ1) is 11.3.